The first kappa shape index (κ1) is 17.9. The SMILES string of the molecule is COc1ccc(OC(C)C(=O)N2CCN(c3ccccc3O)CC2)cc1. The van der Waals surface area contributed by atoms with Gasteiger partial charge < -0.3 is 24.4 Å². The van der Waals surface area contributed by atoms with Crippen molar-refractivity contribution in [2.24, 2.45) is 0 Å². The summed E-state index contributed by atoms with van der Waals surface area (Å²) in [6.07, 6.45) is -0.555. The molecule has 1 fully saturated rings. The molecule has 1 heterocycles. The molecule has 1 unspecified atom stereocenters. The van der Waals surface area contributed by atoms with Gasteiger partial charge in [-0.3, -0.25) is 4.79 Å². The molecule has 2 aromatic rings. The van der Waals surface area contributed by atoms with E-state index in [9.17, 15) is 9.90 Å². The Morgan fingerprint density at radius 1 is 1.00 bits per heavy atom. The monoisotopic (exact) mass is 356 g/mol. The molecule has 0 spiro atoms. The van der Waals surface area contributed by atoms with Crippen molar-refractivity contribution in [2.45, 2.75) is 13.0 Å². The molecular weight excluding hydrogens is 332 g/mol. The molecule has 138 valence electrons. The van der Waals surface area contributed by atoms with E-state index >= 15 is 0 Å². The molecule has 0 saturated carbocycles. The van der Waals surface area contributed by atoms with Crippen LogP contribution in [-0.4, -0.2) is 55.3 Å². The molecule has 6 heteroatoms. The van der Waals surface area contributed by atoms with Gasteiger partial charge in [0.1, 0.15) is 17.2 Å². The van der Waals surface area contributed by atoms with Crippen molar-refractivity contribution in [3.63, 3.8) is 0 Å². The van der Waals surface area contributed by atoms with Crippen LogP contribution in [0, 0.1) is 0 Å². The standard InChI is InChI=1S/C20H24N2O4/c1-15(26-17-9-7-16(25-2)8-10-17)20(24)22-13-11-21(12-14-22)18-5-3-4-6-19(18)23/h3-10,15,23H,11-14H2,1-2H3. The Bertz CT molecular complexity index is 740. The van der Waals surface area contributed by atoms with Crippen molar-refractivity contribution in [3.05, 3.63) is 48.5 Å². The second-order valence-electron chi connectivity index (χ2n) is 6.24. The topological polar surface area (TPSA) is 62.2 Å². The molecule has 0 bridgehead atoms. The number of methoxy groups -OCH3 is 1. The predicted octanol–water partition coefficient (Wildman–Crippen LogP) is 2.52. The summed E-state index contributed by atoms with van der Waals surface area (Å²) in [5.41, 5.74) is 0.808. The molecule has 2 aromatic carbocycles. The fraction of sp³-hybridized carbons (Fsp3) is 0.350. The van der Waals surface area contributed by atoms with Crippen LogP contribution in [-0.2, 0) is 4.79 Å². The Morgan fingerprint density at radius 2 is 1.62 bits per heavy atom. The number of anilines is 1. The van der Waals surface area contributed by atoms with Crippen LogP contribution < -0.4 is 14.4 Å². The lowest BCUT2D eigenvalue weighted by Crippen LogP contribution is -2.52. The van der Waals surface area contributed by atoms with Gasteiger partial charge in [0.25, 0.3) is 5.91 Å². The van der Waals surface area contributed by atoms with Crippen molar-refractivity contribution < 1.29 is 19.4 Å². The molecule has 0 radical (unpaired) electrons. The third kappa shape index (κ3) is 4.02. The quantitative estimate of drug-likeness (QED) is 0.892. The summed E-state index contributed by atoms with van der Waals surface area (Å²) in [5.74, 6) is 1.62. The minimum absolute atomic E-state index is 0.0299. The highest BCUT2D eigenvalue weighted by Crippen LogP contribution is 2.27. The van der Waals surface area contributed by atoms with E-state index in [1.165, 1.54) is 0 Å². The van der Waals surface area contributed by atoms with Gasteiger partial charge >= 0.3 is 0 Å². The third-order valence-electron chi connectivity index (χ3n) is 4.53. The fourth-order valence-corrected chi connectivity index (χ4v) is 3.07. The van der Waals surface area contributed by atoms with Crippen LogP contribution in [0.5, 0.6) is 17.2 Å². The smallest absolute Gasteiger partial charge is 0.263 e. The summed E-state index contributed by atoms with van der Waals surface area (Å²) >= 11 is 0. The highest BCUT2D eigenvalue weighted by molar-refractivity contribution is 5.81. The Balaban J connectivity index is 1.55. The number of ether oxygens (including phenoxy) is 2. The number of nitrogens with zero attached hydrogens (tertiary/aromatic N) is 2. The van der Waals surface area contributed by atoms with Crippen LogP contribution in [0.15, 0.2) is 48.5 Å². The number of piperazine rings is 1. The van der Waals surface area contributed by atoms with E-state index in [-0.39, 0.29) is 11.7 Å². The number of hydrogen-bond acceptors (Lipinski definition) is 5. The number of carbonyl (C=O) groups is 1. The number of benzene rings is 2. The van der Waals surface area contributed by atoms with Crippen LogP contribution >= 0.6 is 0 Å². The number of phenols is 1. The normalized spacial score (nSPS) is 15.5. The zero-order valence-electron chi connectivity index (χ0n) is 15.1. The molecule has 1 saturated heterocycles. The third-order valence-corrected chi connectivity index (χ3v) is 4.53. The van der Waals surface area contributed by atoms with E-state index in [1.807, 2.05) is 17.0 Å². The van der Waals surface area contributed by atoms with E-state index < -0.39 is 6.10 Å². The van der Waals surface area contributed by atoms with Crippen molar-refractivity contribution in [1.82, 2.24) is 4.90 Å². The molecule has 6 nitrogen and oxygen atoms in total. The average molecular weight is 356 g/mol. The van der Waals surface area contributed by atoms with Crippen molar-refractivity contribution in [3.8, 4) is 17.2 Å². The molecular formula is C20H24N2O4. The lowest BCUT2D eigenvalue weighted by atomic mass is 10.2. The molecule has 26 heavy (non-hydrogen) atoms. The largest absolute Gasteiger partial charge is 0.506 e. The maximum atomic E-state index is 12.6. The second-order valence-corrected chi connectivity index (χ2v) is 6.24. The van der Waals surface area contributed by atoms with Crippen LogP contribution in [0.25, 0.3) is 0 Å². The van der Waals surface area contributed by atoms with Gasteiger partial charge in [0.05, 0.1) is 12.8 Å². The van der Waals surface area contributed by atoms with Gasteiger partial charge in [-0.25, -0.2) is 0 Å². The maximum Gasteiger partial charge on any atom is 0.263 e. The molecule has 0 aliphatic carbocycles. The highest BCUT2D eigenvalue weighted by Gasteiger charge is 2.26. The predicted molar refractivity (Wildman–Crippen MR) is 100.0 cm³/mol. The van der Waals surface area contributed by atoms with E-state index in [2.05, 4.69) is 4.90 Å². The maximum absolute atomic E-state index is 12.6. The Labute approximate surface area is 153 Å². The highest BCUT2D eigenvalue weighted by atomic mass is 16.5. The summed E-state index contributed by atoms with van der Waals surface area (Å²) in [6, 6.07) is 14.5. The zero-order chi connectivity index (χ0) is 18.5. The molecule has 1 aliphatic heterocycles. The van der Waals surface area contributed by atoms with Gasteiger partial charge in [-0.15, -0.1) is 0 Å². The summed E-state index contributed by atoms with van der Waals surface area (Å²) in [7, 11) is 1.61. The first-order valence-electron chi connectivity index (χ1n) is 8.71. The van der Waals surface area contributed by atoms with E-state index in [0.29, 0.717) is 31.9 Å². The Kier molecular flexibility index (Phi) is 5.51. The van der Waals surface area contributed by atoms with Crippen LogP contribution in [0.2, 0.25) is 0 Å². The Hall–Kier alpha value is -2.89. The zero-order valence-corrected chi connectivity index (χ0v) is 15.1. The van der Waals surface area contributed by atoms with Crippen molar-refractivity contribution in [1.29, 1.82) is 0 Å². The lowest BCUT2D eigenvalue weighted by molar-refractivity contribution is -0.138. The number of rotatable bonds is 5. The number of para-hydroxylation sites is 2. The molecule has 1 aliphatic rings. The second kappa shape index (κ2) is 7.99. The number of amides is 1. The van der Waals surface area contributed by atoms with E-state index in [0.717, 1.165) is 11.4 Å². The number of carbonyl (C=O) groups excluding carboxylic acids is 1. The number of hydrogen-bond donors (Lipinski definition) is 1. The summed E-state index contributed by atoms with van der Waals surface area (Å²) < 4.78 is 10.9. The molecule has 1 N–H and O–H groups in total. The fourth-order valence-electron chi connectivity index (χ4n) is 3.07. The van der Waals surface area contributed by atoms with Crippen LogP contribution in [0.1, 0.15) is 6.92 Å². The van der Waals surface area contributed by atoms with Crippen LogP contribution in [0.3, 0.4) is 0 Å². The van der Waals surface area contributed by atoms with Gasteiger partial charge in [-0.1, -0.05) is 12.1 Å². The van der Waals surface area contributed by atoms with Crippen molar-refractivity contribution >= 4 is 11.6 Å². The van der Waals surface area contributed by atoms with Gasteiger partial charge in [0.2, 0.25) is 0 Å². The molecule has 3 rings (SSSR count). The molecule has 1 atom stereocenters. The first-order chi connectivity index (χ1) is 12.6. The van der Waals surface area contributed by atoms with Gasteiger partial charge in [0, 0.05) is 26.2 Å². The number of aromatic hydroxyl groups is 1. The average Bonchev–Trinajstić information content (AvgIpc) is 2.68. The van der Waals surface area contributed by atoms with E-state index in [1.54, 1.807) is 50.4 Å². The lowest BCUT2D eigenvalue weighted by Gasteiger charge is -2.37. The summed E-state index contributed by atoms with van der Waals surface area (Å²) in [4.78, 5) is 16.5. The first-order valence-corrected chi connectivity index (χ1v) is 8.71. The van der Waals surface area contributed by atoms with E-state index in [4.69, 9.17) is 9.47 Å². The van der Waals surface area contributed by atoms with Crippen LogP contribution in [0.4, 0.5) is 5.69 Å². The number of phenolic OH excluding ortho intramolecular Hbond substituents is 1. The van der Waals surface area contributed by atoms with Gasteiger partial charge in [-0.05, 0) is 43.3 Å². The minimum atomic E-state index is -0.555. The minimum Gasteiger partial charge on any atom is -0.506 e. The Morgan fingerprint density at radius 3 is 2.23 bits per heavy atom. The molecule has 1 amide bonds. The van der Waals surface area contributed by atoms with Crippen molar-refractivity contribution in [2.75, 3.05) is 38.2 Å². The summed E-state index contributed by atoms with van der Waals surface area (Å²) in [6.45, 7) is 4.33. The van der Waals surface area contributed by atoms with Gasteiger partial charge in [0.15, 0.2) is 6.10 Å². The summed E-state index contributed by atoms with van der Waals surface area (Å²) in [5, 5.41) is 9.98. The van der Waals surface area contributed by atoms with Gasteiger partial charge in [-0.2, -0.15) is 0 Å². The molecule has 0 aromatic heterocycles.